The number of hydrogen-bond acceptors (Lipinski definition) is 4. The molecule has 0 spiro atoms. The van der Waals surface area contributed by atoms with Gasteiger partial charge < -0.3 is 9.47 Å². The zero-order chi connectivity index (χ0) is 20.0. The summed E-state index contributed by atoms with van der Waals surface area (Å²) >= 11 is 0. The van der Waals surface area contributed by atoms with Crippen LogP contribution in [-0.4, -0.2) is 18.7 Å². The Morgan fingerprint density at radius 3 is 1.78 bits per heavy atom. The molecule has 0 aromatic heterocycles. The highest BCUT2D eigenvalue weighted by molar-refractivity contribution is 5.81. The number of rotatable bonds is 18. The second-order valence-electron chi connectivity index (χ2n) is 7.26. The number of carbonyl (C=O) groups is 2. The van der Waals surface area contributed by atoms with Gasteiger partial charge in [0.1, 0.15) is 0 Å². The maximum Gasteiger partial charge on any atom is 0.516 e. The van der Waals surface area contributed by atoms with E-state index >= 15 is 0 Å². The first-order valence-electron chi connectivity index (χ1n) is 11.2. The van der Waals surface area contributed by atoms with E-state index < -0.39 is 12.1 Å². The molecule has 0 unspecified atom stereocenters. The van der Waals surface area contributed by atoms with Gasteiger partial charge in [0.05, 0.1) is 6.61 Å². The summed E-state index contributed by atoms with van der Waals surface area (Å²) in [7, 11) is 0. The van der Waals surface area contributed by atoms with E-state index in [0.29, 0.717) is 13.0 Å². The minimum atomic E-state index is -0.860. The second-order valence-corrected chi connectivity index (χ2v) is 7.26. The minimum Gasteiger partial charge on any atom is -0.434 e. The molecule has 4 heteroatoms. The lowest BCUT2D eigenvalue weighted by molar-refractivity contribution is -0.139. The molecule has 0 aliphatic rings. The highest BCUT2D eigenvalue weighted by atomic mass is 16.7. The molecule has 27 heavy (non-hydrogen) atoms. The molecule has 0 N–H and O–H groups in total. The van der Waals surface area contributed by atoms with Crippen LogP contribution in [0.2, 0.25) is 0 Å². The molecule has 0 aliphatic carbocycles. The molecule has 0 aromatic rings. The molecule has 158 valence electrons. The van der Waals surface area contributed by atoms with Crippen molar-refractivity contribution in [1.82, 2.24) is 0 Å². The van der Waals surface area contributed by atoms with Crippen molar-refractivity contribution in [2.75, 3.05) is 6.61 Å². The first-order valence-corrected chi connectivity index (χ1v) is 11.2. The van der Waals surface area contributed by atoms with Crippen molar-refractivity contribution in [2.24, 2.45) is 0 Å². The van der Waals surface area contributed by atoms with Crippen LogP contribution in [0.15, 0.2) is 12.2 Å². The van der Waals surface area contributed by atoms with Gasteiger partial charge in [0.25, 0.3) is 0 Å². The Balaban J connectivity index is 3.31. The molecule has 0 rings (SSSR count). The largest absolute Gasteiger partial charge is 0.516 e. The maximum atomic E-state index is 11.5. The van der Waals surface area contributed by atoms with Crippen LogP contribution in [0.3, 0.4) is 0 Å². The van der Waals surface area contributed by atoms with Crippen molar-refractivity contribution in [3.63, 3.8) is 0 Å². The zero-order valence-electron chi connectivity index (χ0n) is 17.8. The number of ether oxygens (including phenoxy) is 2. The van der Waals surface area contributed by atoms with E-state index in [-0.39, 0.29) is 0 Å². The van der Waals surface area contributed by atoms with Crippen molar-refractivity contribution in [3.05, 3.63) is 12.2 Å². The minimum absolute atomic E-state index is 0.293. The molecule has 0 radical (unpaired) electrons. The first kappa shape index (κ1) is 25.7. The van der Waals surface area contributed by atoms with Crippen LogP contribution in [-0.2, 0) is 14.3 Å². The van der Waals surface area contributed by atoms with Crippen molar-refractivity contribution < 1.29 is 19.1 Å². The molecule has 0 bridgehead atoms. The molecular formula is C23H42O4. The molecule has 0 saturated carbocycles. The Morgan fingerprint density at radius 2 is 1.19 bits per heavy atom. The van der Waals surface area contributed by atoms with Crippen molar-refractivity contribution in [2.45, 2.75) is 117 Å². The lowest BCUT2D eigenvalue weighted by atomic mass is 10.1. The molecule has 0 aliphatic heterocycles. The van der Waals surface area contributed by atoms with E-state index in [1.54, 1.807) is 0 Å². The van der Waals surface area contributed by atoms with E-state index in [1.807, 2.05) is 6.92 Å². The monoisotopic (exact) mass is 382 g/mol. The fourth-order valence-corrected chi connectivity index (χ4v) is 2.81. The van der Waals surface area contributed by atoms with E-state index in [4.69, 9.17) is 4.74 Å². The van der Waals surface area contributed by atoms with Crippen LogP contribution >= 0.6 is 0 Å². The predicted molar refractivity (Wildman–Crippen MR) is 112 cm³/mol. The molecule has 0 saturated heterocycles. The Morgan fingerprint density at radius 1 is 0.667 bits per heavy atom. The number of unbranched alkanes of at least 4 members (excludes halogenated alkanes) is 12. The number of esters is 1. The third-order valence-corrected chi connectivity index (χ3v) is 4.56. The topological polar surface area (TPSA) is 52.6 Å². The van der Waals surface area contributed by atoms with Gasteiger partial charge in [-0.15, -0.1) is 0 Å². The lowest BCUT2D eigenvalue weighted by Crippen LogP contribution is -2.14. The smallest absolute Gasteiger partial charge is 0.434 e. The van der Waals surface area contributed by atoms with Gasteiger partial charge in [-0.25, -0.2) is 4.79 Å². The van der Waals surface area contributed by atoms with Crippen molar-refractivity contribution in [1.29, 1.82) is 0 Å². The number of carbonyl (C=O) groups excluding carboxylic acids is 2. The van der Waals surface area contributed by atoms with Crippen LogP contribution in [0.5, 0.6) is 0 Å². The summed E-state index contributed by atoms with van der Waals surface area (Å²) in [6.07, 6.45) is 21.6. The van der Waals surface area contributed by atoms with Gasteiger partial charge in [-0.1, -0.05) is 83.8 Å². The van der Waals surface area contributed by atoms with Gasteiger partial charge in [0, 0.05) is 6.42 Å². The highest BCUT2D eigenvalue weighted by Crippen LogP contribution is 2.10. The van der Waals surface area contributed by atoms with Gasteiger partial charge in [0.2, 0.25) is 0 Å². The fraction of sp³-hybridized carbons (Fsp3) is 0.826. The Bertz CT molecular complexity index is 377. The second kappa shape index (κ2) is 21.0. The van der Waals surface area contributed by atoms with Gasteiger partial charge in [-0.05, 0) is 38.5 Å². The molecule has 0 atom stereocenters. The van der Waals surface area contributed by atoms with Gasteiger partial charge >= 0.3 is 12.1 Å². The quantitative estimate of drug-likeness (QED) is 0.106. The lowest BCUT2D eigenvalue weighted by Gasteiger charge is -2.04. The first-order chi connectivity index (χ1) is 13.2. The van der Waals surface area contributed by atoms with Crippen molar-refractivity contribution in [3.8, 4) is 0 Å². The van der Waals surface area contributed by atoms with Crippen LogP contribution in [0.25, 0.3) is 0 Å². The van der Waals surface area contributed by atoms with Crippen LogP contribution in [0.1, 0.15) is 117 Å². The van der Waals surface area contributed by atoms with Crippen LogP contribution < -0.4 is 0 Å². The summed E-state index contributed by atoms with van der Waals surface area (Å²) in [5.41, 5.74) is 0. The van der Waals surface area contributed by atoms with Gasteiger partial charge in [-0.2, -0.15) is 0 Å². The van der Waals surface area contributed by atoms with E-state index in [0.717, 1.165) is 38.5 Å². The number of hydrogen-bond donors (Lipinski definition) is 0. The normalized spacial score (nSPS) is 11.0. The predicted octanol–water partition coefficient (Wildman–Crippen LogP) is 7.50. The standard InChI is InChI=1S/C23H42O4/c1-3-5-7-8-9-10-11-12-13-14-15-16-17-18-19-20-22(24)27-23(25)26-21-6-4-2/h12-13H,3-11,14-21H2,1-2H3. The zero-order valence-corrected chi connectivity index (χ0v) is 17.8. The maximum absolute atomic E-state index is 11.5. The molecule has 0 fully saturated rings. The van der Waals surface area contributed by atoms with E-state index in [2.05, 4.69) is 23.8 Å². The number of allylic oxidation sites excluding steroid dienone is 2. The molecular weight excluding hydrogens is 340 g/mol. The molecule has 0 heterocycles. The van der Waals surface area contributed by atoms with Crippen LogP contribution in [0, 0.1) is 0 Å². The fourth-order valence-electron chi connectivity index (χ4n) is 2.81. The van der Waals surface area contributed by atoms with E-state index in [1.165, 1.54) is 57.8 Å². The Labute approximate surface area is 167 Å². The summed E-state index contributed by atoms with van der Waals surface area (Å²) in [4.78, 5) is 22.7. The molecule has 0 amide bonds. The summed E-state index contributed by atoms with van der Waals surface area (Å²) in [6, 6.07) is 0. The Kier molecular flexibility index (Phi) is 20.0. The Hall–Kier alpha value is -1.32. The SMILES string of the molecule is CCCCCCCCC=CCCCCCCCC(=O)OC(=O)OCCCC. The third kappa shape index (κ3) is 20.8. The van der Waals surface area contributed by atoms with Gasteiger partial charge in [0.15, 0.2) is 0 Å². The average molecular weight is 383 g/mol. The summed E-state index contributed by atoms with van der Waals surface area (Å²) < 4.78 is 9.40. The molecule has 0 aromatic carbocycles. The molecule has 4 nitrogen and oxygen atoms in total. The summed E-state index contributed by atoms with van der Waals surface area (Å²) in [6.45, 7) is 4.58. The van der Waals surface area contributed by atoms with Crippen LogP contribution in [0.4, 0.5) is 4.79 Å². The summed E-state index contributed by atoms with van der Waals surface area (Å²) in [5.74, 6) is -0.478. The van der Waals surface area contributed by atoms with Gasteiger partial charge in [-0.3, -0.25) is 4.79 Å². The van der Waals surface area contributed by atoms with E-state index in [9.17, 15) is 9.59 Å². The average Bonchev–Trinajstić information content (AvgIpc) is 2.65. The van der Waals surface area contributed by atoms with Crippen molar-refractivity contribution >= 4 is 12.1 Å². The third-order valence-electron chi connectivity index (χ3n) is 4.56. The highest BCUT2D eigenvalue weighted by Gasteiger charge is 2.10. The summed E-state index contributed by atoms with van der Waals surface area (Å²) in [5, 5.41) is 0.